The number of phenols is 2. The Morgan fingerprint density at radius 2 is 1.94 bits per heavy atom. The van der Waals surface area contributed by atoms with Gasteiger partial charge in [-0.25, -0.2) is 4.79 Å². The molecule has 0 unspecified atom stereocenters. The van der Waals surface area contributed by atoms with E-state index >= 15 is 0 Å². The fourth-order valence-electron chi connectivity index (χ4n) is 1.48. The van der Waals surface area contributed by atoms with Gasteiger partial charge in [0.1, 0.15) is 17.1 Å². The van der Waals surface area contributed by atoms with E-state index in [1.165, 1.54) is 12.1 Å². The molecule has 16 heavy (non-hydrogen) atoms. The van der Waals surface area contributed by atoms with Gasteiger partial charge in [0.05, 0.1) is 0 Å². The zero-order valence-electron chi connectivity index (χ0n) is 9.40. The number of benzene rings is 1. The average Bonchev–Trinajstić information content (AvgIpc) is 2.16. The van der Waals surface area contributed by atoms with Crippen LogP contribution >= 0.6 is 0 Å². The maximum Gasteiger partial charge on any atom is 0.339 e. The summed E-state index contributed by atoms with van der Waals surface area (Å²) in [6.45, 7) is 4.05. The molecule has 1 aromatic rings. The molecule has 3 N–H and O–H groups in total. The molecular formula is C12H16O4. The molecule has 0 bridgehead atoms. The molecule has 4 heteroatoms. The summed E-state index contributed by atoms with van der Waals surface area (Å²) in [5.41, 5.74) is 0.144. The molecule has 0 heterocycles. The maximum atomic E-state index is 10.8. The Kier molecular flexibility index (Phi) is 3.77. The van der Waals surface area contributed by atoms with Crippen LogP contribution in [-0.4, -0.2) is 21.3 Å². The van der Waals surface area contributed by atoms with Gasteiger partial charge < -0.3 is 15.3 Å². The summed E-state index contributed by atoms with van der Waals surface area (Å²) >= 11 is 0. The number of carbonyl (C=O) groups is 1. The van der Waals surface area contributed by atoms with Gasteiger partial charge in [0.15, 0.2) is 0 Å². The number of aromatic carboxylic acids is 1. The number of carboxylic acid groups (broad SMARTS) is 1. The van der Waals surface area contributed by atoms with E-state index in [9.17, 15) is 15.0 Å². The van der Waals surface area contributed by atoms with Gasteiger partial charge >= 0.3 is 5.97 Å². The quantitative estimate of drug-likeness (QED) is 0.733. The predicted molar refractivity (Wildman–Crippen MR) is 59.9 cm³/mol. The van der Waals surface area contributed by atoms with Gasteiger partial charge in [-0.3, -0.25) is 0 Å². The molecular weight excluding hydrogens is 208 g/mol. The highest BCUT2D eigenvalue weighted by atomic mass is 16.4. The van der Waals surface area contributed by atoms with E-state index in [1.54, 1.807) is 0 Å². The first-order valence-electron chi connectivity index (χ1n) is 5.20. The minimum Gasteiger partial charge on any atom is -0.508 e. The Morgan fingerprint density at radius 1 is 1.31 bits per heavy atom. The first kappa shape index (κ1) is 12.4. The fraction of sp³-hybridized carbons (Fsp3) is 0.417. The van der Waals surface area contributed by atoms with Crippen LogP contribution in [0.3, 0.4) is 0 Å². The molecule has 1 aromatic carbocycles. The molecule has 1 rings (SSSR count). The van der Waals surface area contributed by atoms with Crippen LogP contribution in [0.2, 0.25) is 0 Å². The third-order valence-corrected chi connectivity index (χ3v) is 2.46. The Balaban J connectivity index is 3.06. The highest BCUT2D eigenvalue weighted by molar-refractivity contribution is 5.91. The molecule has 4 nitrogen and oxygen atoms in total. The number of hydrogen-bond donors (Lipinski definition) is 3. The standard InChI is InChI=1S/C12H16O4/c1-7(2)3-4-8-10(13)6-5-9(11(8)14)12(15)16/h5-7,13-14H,3-4H2,1-2H3,(H,15,16). The van der Waals surface area contributed by atoms with Gasteiger partial charge in [0.25, 0.3) is 0 Å². The summed E-state index contributed by atoms with van der Waals surface area (Å²) in [5.74, 6) is -1.15. The highest BCUT2D eigenvalue weighted by Gasteiger charge is 2.16. The third-order valence-electron chi connectivity index (χ3n) is 2.46. The largest absolute Gasteiger partial charge is 0.508 e. The number of rotatable bonds is 4. The van der Waals surface area contributed by atoms with E-state index in [0.29, 0.717) is 17.9 Å². The van der Waals surface area contributed by atoms with Crippen molar-refractivity contribution >= 4 is 5.97 Å². The van der Waals surface area contributed by atoms with Crippen LogP contribution in [0.15, 0.2) is 12.1 Å². The van der Waals surface area contributed by atoms with Crippen LogP contribution in [0.5, 0.6) is 11.5 Å². The zero-order valence-corrected chi connectivity index (χ0v) is 9.40. The molecule has 0 radical (unpaired) electrons. The lowest BCUT2D eigenvalue weighted by Gasteiger charge is -2.10. The van der Waals surface area contributed by atoms with Crippen molar-refractivity contribution in [2.24, 2.45) is 5.92 Å². The van der Waals surface area contributed by atoms with Crippen molar-refractivity contribution < 1.29 is 20.1 Å². The Labute approximate surface area is 94.2 Å². The van der Waals surface area contributed by atoms with E-state index in [-0.39, 0.29) is 17.1 Å². The van der Waals surface area contributed by atoms with Crippen molar-refractivity contribution in [2.75, 3.05) is 0 Å². The Hall–Kier alpha value is -1.71. The smallest absolute Gasteiger partial charge is 0.339 e. The normalized spacial score (nSPS) is 10.7. The lowest BCUT2D eigenvalue weighted by molar-refractivity contribution is 0.0693. The maximum absolute atomic E-state index is 10.8. The molecule has 0 aliphatic rings. The second-order valence-electron chi connectivity index (χ2n) is 4.20. The molecule has 0 fully saturated rings. The van der Waals surface area contributed by atoms with Crippen LogP contribution in [-0.2, 0) is 6.42 Å². The van der Waals surface area contributed by atoms with Crippen molar-refractivity contribution in [2.45, 2.75) is 26.7 Å². The summed E-state index contributed by atoms with van der Waals surface area (Å²) in [5, 5.41) is 28.1. The lowest BCUT2D eigenvalue weighted by Crippen LogP contribution is -2.00. The van der Waals surface area contributed by atoms with E-state index in [4.69, 9.17) is 5.11 Å². The SMILES string of the molecule is CC(C)CCc1c(O)ccc(C(=O)O)c1O. The highest BCUT2D eigenvalue weighted by Crippen LogP contribution is 2.32. The van der Waals surface area contributed by atoms with Crippen LogP contribution in [0.1, 0.15) is 36.2 Å². The molecule has 0 amide bonds. The first-order valence-corrected chi connectivity index (χ1v) is 5.20. The number of phenolic OH excluding ortho intramolecular Hbond substituents is 1. The van der Waals surface area contributed by atoms with E-state index < -0.39 is 5.97 Å². The van der Waals surface area contributed by atoms with Gasteiger partial charge in [-0.1, -0.05) is 13.8 Å². The van der Waals surface area contributed by atoms with Gasteiger partial charge in [0, 0.05) is 5.56 Å². The lowest BCUT2D eigenvalue weighted by atomic mass is 9.99. The summed E-state index contributed by atoms with van der Waals surface area (Å²) in [7, 11) is 0. The summed E-state index contributed by atoms with van der Waals surface area (Å²) in [6.07, 6.45) is 1.25. The molecule has 0 aliphatic heterocycles. The molecule has 0 saturated carbocycles. The predicted octanol–water partition coefficient (Wildman–Crippen LogP) is 2.38. The monoisotopic (exact) mass is 224 g/mol. The zero-order chi connectivity index (χ0) is 12.3. The summed E-state index contributed by atoms with van der Waals surface area (Å²) in [6, 6.07) is 2.50. The van der Waals surface area contributed by atoms with Gasteiger partial charge in [-0.15, -0.1) is 0 Å². The molecule has 0 aromatic heterocycles. The van der Waals surface area contributed by atoms with E-state index in [0.717, 1.165) is 6.42 Å². The second-order valence-corrected chi connectivity index (χ2v) is 4.20. The number of carboxylic acids is 1. The molecule has 0 spiro atoms. The van der Waals surface area contributed by atoms with Crippen LogP contribution < -0.4 is 0 Å². The minimum absolute atomic E-state index is 0.0526. The second kappa shape index (κ2) is 4.88. The number of aromatic hydroxyl groups is 2. The summed E-state index contributed by atoms with van der Waals surface area (Å²) in [4.78, 5) is 10.8. The Morgan fingerprint density at radius 3 is 2.44 bits per heavy atom. The van der Waals surface area contributed by atoms with Gasteiger partial charge in [-0.05, 0) is 30.9 Å². The van der Waals surface area contributed by atoms with Crippen LogP contribution in [0, 0.1) is 5.92 Å². The molecule has 88 valence electrons. The molecule has 0 atom stereocenters. The summed E-state index contributed by atoms with van der Waals surface area (Å²) < 4.78 is 0. The average molecular weight is 224 g/mol. The topological polar surface area (TPSA) is 77.8 Å². The Bertz CT molecular complexity index is 396. The minimum atomic E-state index is -1.19. The van der Waals surface area contributed by atoms with E-state index in [2.05, 4.69) is 0 Å². The van der Waals surface area contributed by atoms with Crippen molar-refractivity contribution in [1.82, 2.24) is 0 Å². The number of hydrogen-bond acceptors (Lipinski definition) is 3. The third kappa shape index (κ3) is 2.66. The fourth-order valence-corrected chi connectivity index (χ4v) is 1.48. The van der Waals surface area contributed by atoms with Crippen LogP contribution in [0.4, 0.5) is 0 Å². The van der Waals surface area contributed by atoms with Crippen LogP contribution in [0.25, 0.3) is 0 Å². The first-order chi connectivity index (χ1) is 7.43. The van der Waals surface area contributed by atoms with E-state index in [1.807, 2.05) is 13.8 Å². The van der Waals surface area contributed by atoms with Crippen molar-refractivity contribution in [1.29, 1.82) is 0 Å². The van der Waals surface area contributed by atoms with Crippen molar-refractivity contribution in [3.63, 3.8) is 0 Å². The van der Waals surface area contributed by atoms with Gasteiger partial charge in [-0.2, -0.15) is 0 Å². The van der Waals surface area contributed by atoms with Crippen molar-refractivity contribution in [3.8, 4) is 11.5 Å². The van der Waals surface area contributed by atoms with Gasteiger partial charge in [0.2, 0.25) is 0 Å². The molecule has 0 aliphatic carbocycles. The molecule has 0 saturated heterocycles. The van der Waals surface area contributed by atoms with Crippen molar-refractivity contribution in [3.05, 3.63) is 23.3 Å².